The maximum absolute atomic E-state index is 4.42. The minimum Gasteiger partial charge on any atom is -0.337 e. The average molecular weight is 253 g/mol. The summed E-state index contributed by atoms with van der Waals surface area (Å²) in [5.41, 5.74) is 0. The average Bonchev–Trinajstić information content (AvgIpc) is 2.76. The van der Waals surface area contributed by atoms with Crippen molar-refractivity contribution in [1.29, 1.82) is 0 Å². The zero-order valence-corrected chi connectivity index (χ0v) is 11.8. The fraction of sp³-hybridized carbons (Fsp3) is 0.769. The number of imidazole rings is 1. The van der Waals surface area contributed by atoms with E-state index in [-0.39, 0.29) is 0 Å². The van der Waals surface area contributed by atoms with Gasteiger partial charge in [0.05, 0.1) is 6.04 Å². The van der Waals surface area contributed by atoms with Crippen LogP contribution in [0.3, 0.4) is 0 Å². The van der Waals surface area contributed by atoms with Crippen molar-refractivity contribution in [3.63, 3.8) is 0 Å². The Kier molecular flexibility index (Phi) is 4.51. The van der Waals surface area contributed by atoms with Crippen LogP contribution in [0, 0.1) is 0 Å². The molecule has 1 aliphatic rings. The molecule has 17 heavy (non-hydrogen) atoms. The summed E-state index contributed by atoms with van der Waals surface area (Å²) in [6.07, 6.45) is 11.5. The molecule has 1 aromatic heterocycles. The van der Waals surface area contributed by atoms with Crippen molar-refractivity contribution in [2.75, 3.05) is 6.26 Å². The highest BCUT2D eigenvalue weighted by atomic mass is 32.2. The van der Waals surface area contributed by atoms with E-state index < -0.39 is 0 Å². The van der Waals surface area contributed by atoms with E-state index in [0.29, 0.717) is 12.1 Å². The van der Waals surface area contributed by atoms with Gasteiger partial charge in [0.15, 0.2) is 0 Å². The zero-order valence-electron chi connectivity index (χ0n) is 11.0. The van der Waals surface area contributed by atoms with E-state index in [9.17, 15) is 0 Å². The van der Waals surface area contributed by atoms with E-state index >= 15 is 0 Å². The van der Waals surface area contributed by atoms with Crippen molar-refractivity contribution >= 4 is 11.8 Å². The Labute approximate surface area is 108 Å². The van der Waals surface area contributed by atoms with Crippen molar-refractivity contribution < 1.29 is 0 Å². The monoisotopic (exact) mass is 253 g/mol. The van der Waals surface area contributed by atoms with Crippen molar-refractivity contribution in [3.05, 3.63) is 18.2 Å². The summed E-state index contributed by atoms with van der Waals surface area (Å²) < 4.78 is 2.10. The van der Waals surface area contributed by atoms with Crippen LogP contribution in [0.25, 0.3) is 0 Å². The highest BCUT2D eigenvalue weighted by Crippen LogP contribution is 2.28. The molecule has 1 fully saturated rings. The van der Waals surface area contributed by atoms with Gasteiger partial charge in [0.1, 0.15) is 5.82 Å². The van der Waals surface area contributed by atoms with Crippen LogP contribution in [-0.4, -0.2) is 27.1 Å². The highest BCUT2D eigenvalue weighted by Gasteiger charge is 2.23. The van der Waals surface area contributed by atoms with Gasteiger partial charge in [0.25, 0.3) is 0 Å². The lowest BCUT2D eigenvalue weighted by atomic mass is 9.94. The molecule has 3 atom stereocenters. The number of nitrogens with one attached hydrogen (secondary N) is 1. The number of hydrogen-bond acceptors (Lipinski definition) is 3. The molecule has 2 rings (SSSR count). The molecular weight excluding hydrogens is 230 g/mol. The third-order valence-electron chi connectivity index (χ3n) is 3.69. The second-order valence-corrected chi connectivity index (χ2v) is 6.14. The van der Waals surface area contributed by atoms with Gasteiger partial charge in [-0.1, -0.05) is 6.42 Å². The molecule has 0 radical (unpaired) electrons. The first-order chi connectivity index (χ1) is 8.20. The smallest absolute Gasteiger partial charge is 0.125 e. The van der Waals surface area contributed by atoms with Crippen molar-refractivity contribution in [2.24, 2.45) is 7.05 Å². The maximum atomic E-state index is 4.42. The molecule has 0 amide bonds. The third-order valence-corrected chi connectivity index (χ3v) is 4.79. The van der Waals surface area contributed by atoms with Gasteiger partial charge in [0.2, 0.25) is 0 Å². The molecule has 4 heteroatoms. The highest BCUT2D eigenvalue weighted by molar-refractivity contribution is 7.99. The minimum absolute atomic E-state index is 0.348. The first-order valence-electron chi connectivity index (χ1n) is 6.46. The zero-order chi connectivity index (χ0) is 12.3. The van der Waals surface area contributed by atoms with Gasteiger partial charge in [0, 0.05) is 30.7 Å². The summed E-state index contributed by atoms with van der Waals surface area (Å²) in [6.45, 7) is 2.21. The lowest BCUT2D eigenvalue weighted by Gasteiger charge is -2.30. The number of thioether (sulfide) groups is 1. The lowest BCUT2D eigenvalue weighted by molar-refractivity contribution is 0.345. The SMILES string of the molecule is CSC1CCCC(NC(C)c2nccn2C)C1. The molecule has 1 N–H and O–H groups in total. The van der Waals surface area contributed by atoms with Gasteiger partial charge in [-0.25, -0.2) is 4.98 Å². The van der Waals surface area contributed by atoms with Gasteiger partial charge >= 0.3 is 0 Å². The standard InChI is InChI=1S/C13H23N3S/c1-10(13-14-7-8-16(13)2)15-11-5-4-6-12(9-11)17-3/h7-8,10-12,15H,4-6,9H2,1-3H3. The quantitative estimate of drug-likeness (QED) is 0.895. The molecule has 0 aromatic carbocycles. The van der Waals surface area contributed by atoms with Crippen LogP contribution in [-0.2, 0) is 7.05 Å². The van der Waals surface area contributed by atoms with E-state index in [1.165, 1.54) is 25.7 Å². The molecule has 96 valence electrons. The largest absolute Gasteiger partial charge is 0.337 e. The Balaban J connectivity index is 1.90. The maximum Gasteiger partial charge on any atom is 0.125 e. The molecule has 0 spiro atoms. The van der Waals surface area contributed by atoms with Crippen LogP contribution in [0.15, 0.2) is 12.4 Å². The fourth-order valence-corrected chi connectivity index (χ4v) is 3.56. The number of hydrogen-bond donors (Lipinski definition) is 1. The molecule has 3 unspecified atom stereocenters. The second-order valence-electron chi connectivity index (χ2n) is 5.01. The molecule has 1 saturated carbocycles. The predicted molar refractivity (Wildman–Crippen MR) is 74.3 cm³/mol. The van der Waals surface area contributed by atoms with Gasteiger partial charge in [-0.05, 0) is 32.4 Å². The number of nitrogens with zero attached hydrogens (tertiary/aromatic N) is 2. The summed E-state index contributed by atoms with van der Waals surface area (Å²) >= 11 is 2.02. The molecule has 0 bridgehead atoms. The Morgan fingerprint density at radius 3 is 3.00 bits per heavy atom. The van der Waals surface area contributed by atoms with Gasteiger partial charge < -0.3 is 9.88 Å². The third kappa shape index (κ3) is 3.26. The van der Waals surface area contributed by atoms with Crippen LogP contribution in [0.5, 0.6) is 0 Å². The number of rotatable bonds is 4. The molecule has 3 nitrogen and oxygen atoms in total. The second kappa shape index (κ2) is 5.91. The van der Waals surface area contributed by atoms with Crippen molar-refractivity contribution in [2.45, 2.75) is 49.9 Å². The predicted octanol–water partition coefficient (Wildman–Crippen LogP) is 2.74. The van der Waals surface area contributed by atoms with Crippen LogP contribution in [0.2, 0.25) is 0 Å². The minimum atomic E-state index is 0.348. The van der Waals surface area contributed by atoms with Gasteiger partial charge in [-0.15, -0.1) is 0 Å². The normalized spacial score (nSPS) is 27.0. The number of aromatic nitrogens is 2. The van der Waals surface area contributed by atoms with Crippen molar-refractivity contribution in [3.8, 4) is 0 Å². The van der Waals surface area contributed by atoms with Crippen molar-refractivity contribution in [1.82, 2.24) is 14.9 Å². The Hall–Kier alpha value is -0.480. The lowest BCUT2D eigenvalue weighted by Crippen LogP contribution is -2.37. The summed E-state index contributed by atoms with van der Waals surface area (Å²) in [6, 6.07) is 1.01. The van der Waals surface area contributed by atoms with Crippen LogP contribution >= 0.6 is 11.8 Å². The summed E-state index contributed by atoms with van der Waals surface area (Å²) in [4.78, 5) is 4.42. The van der Waals surface area contributed by atoms with Gasteiger partial charge in [-0.2, -0.15) is 11.8 Å². The Morgan fingerprint density at radius 1 is 1.53 bits per heavy atom. The van der Waals surface area contributed by atoms with E-state index in [0.717, 1.165) is 11.1 Å². The molecule has 0 aliphatic heterocycles. The Morgan fingerprint density at radius 2 is 2.35 bits per heavy atom. The Bertz CT molecular complexity index is 350. The number of aryl methyl sites for hydroxylation is 1. The van der Waals surface area contributed by atoms with Gasteiger partial charge in [-0.3, -0.25) is 0 Å². The first kappa shape index (κ1) is 13.0. The summed E-state index contributed by atoms with van der Waals surface area (Å²) in [7, 11) is 2.06. The van der Waals surface area contributed by atoms with Crippen LogP contribution in [0.4, 0.5) is 0 Å². The fourth-order valence-electron chi connectivity index (χ4n) is 2.73. The van der Waals surface area contributed by atoms with E-state index in [2.05, 4.69) is 35.1 Å². The molecule has 0 saturated heterocycles. The molecule has 1 aliphatic carbocycles. The van der Waals surface area contributed by atoms with E-state index in [4.69, 9.17) is 0 Å². The molecular formula is C13H23N3S. The summed E-state index contributed by atoms with van der Waals surface area (Å²) in [5, 5.41) is 4.57. The first-order valence-corrected chi connectivity index (χ1v) is 7.75. The van der Waals surface area contributed by atoms with E-state index in [1.807, 2.05) is 24.2 Å². The van der Waals surface area contributed by atoms with E-state index in [1.54, 1.807) is 0 Å². The van der Waals surface area contributed by atoms with Crippen LogP contribution in [0.1, 0.15) is 44.5 Å². The van der Waals surface area contributed by atoms with Crippen LogP contribution < -0.4 is 5.32 Å². The summed E-state index contributed by atoms with van der Waals surface area (Å²) in [5.74, 6) is 1.14. The molecule has 1 aromatic rings. The topological polar surface area (TPSA) is 29.9 Å². The molecule has 1 heterocycles.